The van der Waals surface area contributed by atoms with Crippen molar-refractivity contribution in [1.29, 1.82) is 0 Å². The topological polar surface area (TPSA) is 76.2 Å². The maximum Gasteiger partial charge on any atom is 0.274 e. The van der Waals surface area contributed by atoms with Crippen LogP contribution in [-0.2, 0) is 7.05 Å². The normalized spacial score (nSPS) is 21.2. The van der Waals surface area contributed by atoms with E-state index in [1.807, 2.05) is 7.05 Å². The first-order valence-electron chi connectivity index (χ1n) is 5.35. The van der Waals surface area contributed by atoms with Gasteiger partial charge in [0, 0.05) is 25.8 Å². The van der Waals surface area contributed by atoms with Crippen LogP contribution in [0.4, 0.5) is 5.69 Å². The number of amides is 1. The number of hydrogen-bond donors (Lipinski definition) is 2. The molecular formula is C10H17N5O. The number of aryl methyl sites for hydroxylation is 1. The molecule has 1 atom stereocenters. The van der Waals surface area contributed by atoms with Gasteiger partial charge in [0.15, 0.2) is 5.69 Å². The van der Waals surface area contributed by atoms with Gasteiger partial charge in [-0.15, -0.1) is 0 Å². The number of likely N-dealkylation sites (tertiary alicyclic amines) is 1. The van der Waals surface area contributed by atoms with Gasteiger partial charge in [-0.3, -0.25) is 9.48 Å². The highest BCUT2D eigenvalue weighted by atomic mass is 16.2. The van der Waals surface area contributed by atoms with E-state index in [1.165, 1.54) is 0 Å². The number of likely N-dealkylation sites (N-methyl/N-ethyl adjacent to an activating group) is 1. The third-order valence-corrected chi connectivity index (χ3v) is 2.80. The summed E-state index contributed by atoms with van der Waals surface area (Å²) in [6.07, 6.45) is 2.62. The molecule has 0 bridgehead atoms. The molecule has 3 N–H and O–H groups in total. The van der Waals surface area contributed by atoms with Crippen LogP contribution in [0, 0.1) is 0 Å². The summed E-state index contributed by atoms with van der Waals surface area (Å²) in [5, 5.41) is 6.98. The van der Waals surface area contributed by atoms with Crippen molar-refractivity contribution < 1.29 is 4.79 Å². The summed E-state index contributed by atoms with van der Waals surface area (Å²) in [5.74, 6) is -0.182. The van der Waals surface area contributed by atoms with Crippen LogP contribution >= 0.6 is 0 Å². The standard InChI is InChI=1S/C10H17N5O/c1-14-4-3-7(5-14)12-10(16)9-8(11)6-15(2)13-9/h6-7H,3-5,11H2,1-2H3,(H,12,16). The fraction of sp³-hybridized carbons (Fsp3) is 0.600. The minimum Gasteiger partial charge on any atom is -0.396 e. The number of hydrogen-bond acceptors (Lipinski definition) is 4. The van der Waals surface area contributed by atoms with Gasteiger partial charge < -0.3 is 16.0 Å². The van der Waals surface area contributed by atoms with Crippen molar-refractivity contribution in [2.24, 2.45) is 7.05 Å². The van der Waals surface area contributed by atoms with Gasteiger partial charge in [-0.1, -0.05) is 0 Å². The van der Waals surface area contributed by atoms with Crippen molar-refractivity contribution >= 4 is 11.6 Å². The Morgan fingerprint density at radius 2 is 2.38 bits per heavy atom. The fourth-order valence-corrected chi connectivity index (χ4v) is 1.99. The molecule has 16 heavy (non-hydrogen) atoms. The molecule has 6 nitrogen and oxygen atoms in total. The lowest BCUT2D eigenvalue weighted by Gasteiger charge is -2.11. The number of nitrogens with one attached hydrogen (secondary N) is 1. The SMILES string of the molecule is CN1CCC(NC(=O)c2nn(C)cc2N)C1. The second kappa shape index (κ2) is 4.13. The number of carbonyl (C=O) groups is 1. The van der Waals surface area contributed by atoms with E-state index in [9.17, 15) is 4.79 Å². The van der Waals surface area contributed by atoms with E-state index in [1.54, 1.807) is 17.9 Å². The van der Waals surface area contributed by atoms with Crippen LogP contribution in [0.25, 0.3) is 0 Å². The minimum absolute atomic E-state index is 0.182. The maximum atomic E-state index is 11.9. The summed E-state index contributed by atoms with van der Waals surface area (Å²) >= 11 is 0. The number of anilines is 1. The summed E-state index contributed by atoms with van der Waals surface area (Å²) in [6.45, 7) is 1.90. The molecule has 1 aromatic heterocycles. The Hall–Kier alpha value is -1.56. The van der Waals surface area contributed by atoms with Crippen molar-refractivity contribution in [2.45, 2.75) is 12.5 Å². The van der Waals surface area contributed by atoms with Crippen LogP contribution in [0.2, 0.25) is 0 Å². The van der Waals surface area contributed by atoms with Crippen molar-refractivity contribution in [2.75, 3.05) is 25.9 Å². The van der Waals surface area contributed by atoms with Gasteiger partial charge in [0.2, 0.25) is 0 Å². The molecule has 1 saturated heterocycles. The minimum atomic E-state index is -0.182. The smallest absolute Gasteiger partial charge is 0.274 e. The number of nitrogen functional groups attached to an aromatic ring is 1. The zero-order chi connectivity index (χ0) is 11.7. The molecule has 0 aromatic carbocycles. The number of nitrogens with two attached hydrogens (primary N) is 1. The summed E-state index contributed by atoms with van der Waals surface area (Å²) < 4.78 is 1.55. The molecule has 6 heteroatoms. The van der Waals surface area contributed by atoms with Crippen LogP contribution < -0.4 is 11.1 Å². The second-order valence-electron chi connectivity index (χ2n) is 4.33. The van der Waals surface area contributed by atoms with Gasteiger partial charge in [-0.2, -0.15) is 5.10 Å². The summed E-state index contributed by atoms with van der Waals surface area (Å²) in [7, 11) is 3.79. The Balaban J connectivity index is 2.00. The lowest BCUT2D eigenvalue weighted by molar-refractivity contribution is 0.0933. The zero-order valence-electron chi connectivity index (χ0n) is 9.60. The van der Waals surface area contributed by atoms with Crippen molar-refractivity contribution in [1.82, 2.24) is 20.0 Å². The quantitative estimate of drug-likeness (QED) is 0.704. The Morgan fingerprint density at radius 3 is 2.88 bits per heavy atom. The number of rotatable bonds is 2. The monoisotopic (exact) mass is 223 g/mol. The zero-order valence-corrected chi connectivity index (χ0v) is 9.60. The van der Waals surface area contributed by atoms with Gasteiger partial charge in [0.05, 0.1) is 5.69 Å². The van der Waals surface area contributed by atoms with Crippen LogP contribution in [0.5, 0.6) is 0 Å². The van der Waals surface area contributed by atoms with E-state index in [0.717, 1.165) is 19.5 Å². The predicted molar refractivity (Wildman–Crippen MR) is 61.0 cm³/mol. The van der Waals surface area contributed by atoms with Gasteiger partial charge in [-0.25, -0.2) is 0 Å². The number of aromatic nitrogens is 2. The third kappa shape index (κ3) is 2.16. The molecule has 0 aliphatic carbocycles. The Kier molecular flexibility index (Phi) is 2.82. The van der Waals surface area contributed by atoms with Crippen molar-refractivity contribution in [3.8, 4) is 0 Å². The summed E-state index contributed by atoms with van der Waals surface area (Å²) in [4.78, 5) is 14.0. The maximum absolute atomic E-state index is 11.9. The molecule has 1 aromatic rings. The van der Waals surface area contributed by atoms with Gasteiger partial charge in [0.1, 0.15) is 0 Å². The predicted octanol–water partition coefficient (Wildman–Crippen LogP) is -0.564. The molecule has 1 aliphatic rings. The first-order chi connectivity index (χ1) is 7.56. The lowest BCUT2D eigenvalue weighted by atomic mass is 10.2. The average Bonchev–Trinajstić information content (AvgIpc) is 2.73. The Bertz CT molecular complexity index is 400. The third-order valence-electron chi connectivity index (χ3n) is 2.80. The molecule has 2 rings (SSSR count). The van der Waals surface area contributed by atoms with Crippen molar-refractivity contribution in [3.05, 3.63) is 11.9 Å². The first kappa shape index (κ1) is 10.9. The molecule has 1 unspecified atom stereocenters. The van der Waals surface area contributed by atoms with Crippen LogP contribution in [0.1, 0.15) is 16.9 Å². The first-order valence-corrected chi connectivity index (χ1v) is 5.35. The second-order valence-corrected chi connectivity index (χ2v) is 4.33. The largest absolute Gasteiger partial charge is 0.396 e. The van der Waals surface area contributed by atoms with E-state index >= 15 is 0 Å². The van der Waals surface area contributed by atoms with E-state index in [-0.39, 0.29) is 11.9 Å². The van der Waals surface area contributed by atoms with Crippen LogP contribution in [0.15, 0.2) is 6.20 Å². The van der Waals surface area contributed by atoms with Gasteiger partial charge in [-0.05, 0) is 20.0 Å². The van der Waals surface area contributed by atoms with Crippen LogP contribution in [0.3, 0.4) is 0 Å². The fourth-order valence-electron chi connectivity index (χ4n) is 1.99. The molecule has 88 valence electrons. The van der Waals surface area contributed by atoms with E-state index in [2.05, 4.69) is 15.3 Å². The van der Waals surface area contributed by atoms with E-state index < -0.39 is 0 Å². The van der Waals surface area contributed by atoms with Gasteiger partial charge >= 0.3 is 0 Å². The van der Waals surface area contributed by atoms with Crippen molar-refractivity contribution in [3.63, 3.8) is 0 Å². The number of carbonyl (C=O) groups excluding carboxylic acids is 1. The average molecular weight is 223 g/mol. The van der Waals surface area contributed by atoms with Gasteiger partial charge in [0.25, 0.3) is 5.91 Å². The Labute approximate surface area is 94.4 Å². The highest BCUT2D eigenvalue weighted by Crippen LogP contribution is 2.10. The Morgan fingerprint density at radius 1 is 1.62 bits per heavy atom. The highest BCUT2D eigenvalue weighted by Gasteiger charge is 2.23. The molecule has 0 spiro atoms. The summed E-state index contributed by atoms with van der Waals surface area (Å²) in [6, 6.07) is 0.207. The highest BCUT2D eigenvalue weighted by molar-refractivity contribution is 5.97. The molecule has 1 amide bonds. The molecule has 0 radical (unpaired) electrons. The molecule has 2 heterocycles. The molecule has 1 aliphatic heterocycles. The molecular weight excluding hydrogens is 206 g/mol. The lowest BCUT2D eigenvalue weighted by Crippen LogP contribution is -2.37. The molecule has 1 fully saturated rings. The van der Waals surface area contributed by atoms with E-state index in [4.69, 9.17) is 5.73 Å². The number of nitrogens with zero attached hydrogens (tertiary/aromatic N) is 3. The molecule has 0 saturated carbocycles. The summed E-state index contributed by atoms with van der Waals surface area (Å²) in [5.41, 5.74) is 6.43. The van der Waals surface area contributed by atoms with Crippen LogP contribution in [-0.4, -0.2) is 46.8 Å². The van der Waals surface area contributed by atoms with E-state index in [0.29, 0.717) is 11.4 Å².